The molecule has 0 spiro atoms. The second-order valence-electron chi connectivity index (χ2n) is 5.48. The van der Waals surface area contributed by atoms with E-state index in [4.69, 9.17) is 0 Å². The molecule has 0 atom stereocenters. The van der Waals surface area contributed by atoms with Crippen molar-refractivity contribution in [3.8, 4) is 0 Å². The fourth-order valence-electron chi connectivity index (χ4n) is 2.04. The second kappa shape index (κ2) is 5.83. The van der Waals surface area contributed by atoms with Crippen LogP contribution in [0.3, 0.4) is 0 Å². The lowest BCUT2D eigenvalue weighted by atomic mass is 9.95. The minimum atomic E-state index is 0.0106. The molecular formula is C16H21N3. The molecule has 0 bridgehead atoms. The predicted octanol–water partition coefficient (Wildman–Crippen LogP) is 3.61. The average Bonchev–Trinajstić information content (AvgIpc) is 2.37. The zero-order valence-electron chi connectivity index (χ0n) is 11.9. The maximum atomic E-state index is 4.39. The van der Waals surface area contributed by atoms with Crippen molar-refractivity contribution in [3.05, 3.63) is 54.0 Å². The highest BCUT2D eigenvalue weighted by molar-refractivity contribution is 5.36. The fraction of sp³-hybridized carbons (Fsp3) is 0.375. The Kier molecular flexibility index (Phi) is 4.15. The molecule has 1 heterocycles. The molecule has 2 rings (SSSR count). The number of nitrogens with one attached hydrogen (secondary N) is 1. The monoisotopic (exact) mass is 255 g/mol. The summed E-state index contributed by atoms with van der Waals surface area (Å²) in [4.78, 5) is 8.50. The third kappa shape index (κ3) is 4.36. The zero-order valence-corrected chi connectivity index (χ0v) is 11.9. The van der Waals surface area contributed by atoms with E-state index >= 15 is 0 Å². The smallest absolute Gasteiger partial charge is 0.130 e. The Hall–Kier alpha value is -1.90. The standard InChI is InChI=1S/C16H21N3/c1-13-17-12-10-15(18-13)19-16(2,3)11-9-14-7-5-4-6-8-14/h4-8,10,12H,9,11H2,1-3H3,(H,17,18,19). The Labute approximate surface area is 115 Å². The Morgan fingerprint density at radius 2 is 1.84 bits per heavy atom. The zero-order chi connectivity index (χ0) is 13.7. The number of aromatic nitrogens is 2. The van der Waals surface area contributed by atoms with E-state index < -0.39 is 0 Å². The Balaban J connectivity index is 1.95. The Bertz CT molecular complexity index is 521. The quantitative estimate of drug-likeness (QED) is 0.887. The summed E-state index contributed by atoms with van der Waals surface area (Å²) < 4.78 is 0. The molecule has 1 aromatic heterocycles. The number of anilines is 1. The number of nitrogens with zero attached hydrogens (tertiary/aromatic N) is 2. The summed E-state index contributed by atoms with van der Waals surface area (Å²) in [6.07, 6.45) is 3.91. The molecule has 3 heteroatoms. The molecule has 0 aliphatic rings. The lowest BCUT2D eigenvalue weighted by Gasteiger charge is -2.27. The number of hydrogen-bond donors (Lipinski definition) is 1. The normalized spacial score (nSPS) is 11.3. The van der Waals surface area contributed by atoms with Crippen LogP contribution in [-0.4, -0.2) is 15.5 Å². The molecule has 0 unspecified atom stereocenters. The molecule has 100 valence electrons. The number of hydrogen-bond acceptors (Lipinski definition) is 3. The molecule has 0 saturated carbocycles. The first-order valence-electron chi connectivity index (χ1n) is 6.67. The highest BCUT2D eigenvalue weighted by Gasteiger charge is 2.17. The van der Waals surface area contributed by atoms with Gasteiger partial charge in [-0.15, -0.1) is 0 Å². The summed E-state index contributed by atoms with van der Waals surface area (Å²) in [5.74, 6) is 1.69. The van der Waals surface area contributed by atoms with Crippen LogP contribution in [-0.2, 0) is 6.42 Å². The van der Waals surface area contributed by atoms with E-state index in [2.05, 4.69) is 59.5 Å². The van der Waals surface area contributed by atoms with Crippen LogP contribution in [0.25, 0.3) is 0 Å². The van der Waals surface area contributed by atoms with Gasteiger partial charge in [-0.2, -0.15) is 0 Å². The molecule has 0 aliphatic heterocycles. The molecule has 3 nitrogen and oxygen atoms in total. The van der Waals surface area contributed by atoms with Crippen LogP contribution in [0.2, 0.25) is 0 Å². The third-order valence-electron chi connectivity index (χ3n) is 3.12. The van der Waals surface area contributed by atoms with Gasteiger partial charge in [0, 0.05) is 11.7 Å². The van der Waals surface area contributed by atoms with Crippen molar-refractivity contribution in [2.75, 3.05) is 5.32 Å². The van der Waals surface area contributed by atoms with Crippen LogP contribution in [0.1, 0.15) is 31.7 Å². The second-order valence-corrected chi connectivity index (χ2v) is 5.48. The summed E-state index contributed by atoms with van der Waals surface area (Å²) >= 11 is 0. The molecule has 19 heavy (non-hydrogen) atoms. The van der Waals surface area contributed by atoms with Crippen LogP contribution >= 0.6 is 0 Å². The minimum absolute atomic E-state index is 0.0106. The molecule has 2 aromatic rings. The predicted molar refractivity (Wildman–Crippen MR) is 79.2 cm³/mol. The molecule has 1 aromatic carbocycles. The van der Waals surface area contributed by atoms with E-state index in [0.29, 0.717) is 0 Å². The van der Waals surface area contributed by atoms with Gasteiger partial charge in [-0.25, -0.2) is 9.97 Å². The molecule has 0 radical (unpaired) electrons. The molecular weight excluding hydrogens is 234 g/mol. The van der Waals surface area contributed by atoms with Crippen molar-refractivity contribution in [2.45, 2.75) is 39.2 Å². The topological polar surface area (TPSA) is 37.8 Å². The highest BCUT2D eigenvalue weighted by Crippen LogP contribution is 2.18. The first-order valence-corrected chi connectivity index (χ1v) is 6.67. The van der Waals surface area contributed by atoms with Crippen molar-refractivity contribution in [2.24, 2.45) is 0 Å². The molecule has 0 amide bonds. The van der Waals surface area contributed by atoms with Gasteiger partial charge in [-0.05, 0) is 45.2 Å². The molecule has 0 aliphatic carbocycles. The van der Waals surface area contributed by atoms with Crippen LogP contribution in [0, 0.1) is 6.92 Å². The van der Waals surface area contributed by atoms with Gasteiger partial charge in [0.1, 0.15) is 11.6 Å². The Morgan fingerprint density at radius 1 is 1.11 bits per heavy atom. The number of aryl methyl sites for hydroxylation is 2. The lowest BCUT2D eigenvalue weighted by Crippen LogP contribution is -2.32. The van der Waals surface area contributed by atoms with Crippen molar-refractivity contribution < 1.29 is 0 Å². The van der Waals surface area contributed by atoms with Gasteiger partial charge < -0.3 is 5.32 Å². The first kappa shape index (κ1) is 13.5. The maximum absolute atomic E-state index is 4.39. The molecule has 1 N–H and O–H groups in total. The van der Waals surface area contributed by atoms with E-state index in [-0.39, 0.29) is 5.54 Å². The van der Waals surface area contributed by atoms with Crippen molar-refractivity contribution in [1.29, 1.82) is 0 Å². The lowest BCUT2D eigenvalue weighted by molar-refractivity contribution is 0.516. The van der Waals surface area contributed by atoms with Crippen LogP contribution in [0.4, 0.5) is 5.82 Å². The van der Waals surface area contributed by atoms with Crippen LogP contribution in [0.5, 0.6) is 0 Å². The van der Waals surface area contributed by atoms with E-state index in [1.54, 1.807) is 6.20 Å². The maximum Gasteiger partial charge on any atom is 0.130 e. The first-order chi connectivity index (χ1) is 9.05. The number of benzene rings is 1. The van der Waals surface area contributed by atoms with Gasteiger partial charge in [0.25, 0.3) is 0 Å². The largest absolute Gasteiger partial charge is 0.365 e. The highest BCUT2D eigenvalue weighted by atomic mass is 15.1. The van der Waals surface area contributed by atoms with Gasteiger partial charge in [0.2, 0.25) is 0 Å². The van der Waals surface area contributed by atoms with Crippen molar-refractivity contribution in [3.63, 3.8) is 0 Å². The average molecular weight is 255 g/mol. The van der Waals surface area contributed by atoms with E-state index in [1.165, 1.54) is 5.56 Å². The third-order valence-corrected chi connectivity index (χ3v) is 3.12. The molecule has 0 fully saturated rings. The summed E-state index contributed by atoms with van der Waals surface area (Å²) in [5.41, 5.74) is 1.38. The van der Waals surface area contributed by atoms with E-state index in [1.807, 2.05) is 13.0 Å². The van der Waals surface area contributed by atoms with Gasteiger partial charge in [0.05, 0.1) is 0 Å². The van der Waals surface area contributed by atoms with Crippen LogP contribution < -0.4 is 5.32 Å². The summed E-state index contributed by atoms with van der Waals surface area (Å²) in [7, 11) is 0. The van der Waals surface area contributed by atoms with Crippen molar-refractivity contribution in [1.82, 2.24) is 9.97 Å². The van der Waals surface area contributed by atoms with E-state index in [9.17, 15) is 0 Å². The van der Waals surface area contributed by atoms with Gasteiger partial charge >= 0.3 is 0 Å². The van der Waals surface area contributed by atoms with Gasteiger partial charge in [0.15, 0.2) is 0 Å². The van der Waals surface area contributed by atoms with Gasteiger partial charge in [-0.3, -0.25) is 0 Å². The fourth-order valence-corrected chi connectivity index (χ4v) is 2.04. The summed E-state index contributed by atoms with van der Waals surface area (Å²) in [5, 5.41) is 3.48. The summed E-state index contributed by atoms with van der Waals surface area (Å²) in [6.45, 7) is 6.31. The minimum Gasteiger partial charge on any atom is -0.365 e. The molecule has 0 saturated heterocycles. The Morgan fingerprint density at radius 3 is 2.53 bits per heavy atom. The van der Waals surface area contributed by atoms with E-state index in [0.717, 1.165) is 24.5 Å². The van der Waals surface area contributed by atoms with Crippen molar-refractivity contribution >= 4 is 5.82 Å². The SMILES string of the molecule is Cc1nccc(NC(C)(C)CCc2ccccc2)n1. The summed E-state index contributed by atoms with van der Waals surface area (Å²) in [6, 6.07) is 12.5. The number of rotatable bonds is 5. The van der Waals surface area contributed by atoms with Gasteiger partial charge in [-0.1, -0.05) is 30.3 Å². The van der Waals surface area contributed by atoms with Crippen LogP contribution in [0.15, 0.2) is 42.6 Å².